The minimum atomic E-state index is 0.159. The molecule has 1 aliphatic heterocycles. The number of methoxy groups -OCH3 is 1. The first-order chi connectivity index (χ1) is 13.6. The molecule has 28 heavy (non-hydrogen) atoms. The predicted molar refractivity (Wildman–Crippen MR) is 114 cm³/mol. The highest BCUT2D eigenvalue weighted by Gasteiger charge is 2.46. The normalized spacial score (nSPS) is 20.7. The number of morpholine rings is 1. The van der Waals surface area contributed by atoms with E-state index in [-0.39, 0.29) is 5.41 Å². The van der Waals surface area contributed by atoms with Gasteiger partial charge in [-0.1, -0.05) is 32.0 Å². The summed E-state index contributed by atoms with van der Waals surface area (Å²) in [5.74, 6) is 2.43. The second-order valence-electron chi connectivity index (χ2n) is 8.25. The van der Waals surface area contributed by atoms with Crippen LogP contribution in [0.5, 0.6) is 5.75 Å². The van der Waals surface area contributed by atoms with E-state index in [4.69, 9.17) is 9.47 Å². The Bertz CT molecular complexity index is 652. The van der Waals surface area contributed by atoms with E-state index in [0.29, 0.717) is 12.0 Å². The largest absolute Gasteiger partial charge is 0.496 e. The van der Waals surface area contributed by atoms with Crippen molar-refractivity contribution >= 4 is 5.96 Å². The lowest BCUT2D eigenvalue weighted by Gasteiger charge is -2.37. The maximum atomic E-state index is 5.59. The molecule has 1 unspecified atom stereocenters. The van der Waals surface area contributed by atoms with Crippen molar-refractivity contribution in [2.75, 3.05) is 53.6 Å². The highest BCUT2D eigenvalue weighted by molar-refractivity contribution is 5.79. The molecule has 156 valence electrons. The standard InChI is InChI=1S/C22H36N4O2/c1-17(2)19(26-11-13-28-14-12-26)15-24-21(23-3)25-16-22(9-10-22)18-7-5-6-8-20(18)27-4/h5-8,17,19H,9-16H2,1-4H3,(H2,23,24,25). The van der Waals surface area contributed by atoms with Crippen molar-refractivity contribution in [3.63, 3.8) is 0 Å². The lowest BCUT2D eigenvalue weighted by molar-refractivity contribution is 0.00752. The number of para-hydroxylation sites is 1. The quantitative estimate of drug-likeness (QED) is 0.528. The number of benzene rings is 1. The van der Waals surface area contributed by atoms with Crippen LogP contribution in [0.15, 0.2) is 29.3 Å². The van der Waals surface area contributed by atoms with Crippen LogP contribution in [0.1, 0.15) is 32.3 Å². The zero-order valence-electron chi connectivity index (χ0n) is 17.8. The summed E-state index contributed by atoms with van der Waals surface area (Å²) in [6, 6.07) is 8.85. The Labute approximate surface area is 169 Å². The van der Waals surface area contributed by atoms with Gasteiger partial charge in [-0.2, -0.15) is 0 Å². The van der Waals surface area contributed by atoms with E-state index in [1.807, 2.05) is 13.1 Å². The van der Waals surface area contributed by atoms with E-state index >= 15 is 0 Å². The summed E-state index contributed by atoms with van der Waals surface area (Å²) < 4.78 is 11.1. The number of hydrogen-bond acceptors (Lipinski definition) is 4. The average molecular weight is 389 g/mol. The van der Waals surface area contributed by atoms with E-state index < -0.39 is 0 Å². The number of nitrogens with one attached hydrogen (secondary N) is 2. The van der Waals surface area contributed by atoms with Gasteiger partial charge in [0, 0.05) is 50.2 Å². The van der Waals surface area contributed by atoms with Crippen LogP contribution >= 0.6 is 0 Å². The lowest BCUT2D eigenvalue weighted by atomic mass is 9.95. The SMILES string of the molecule is CN=C(NCC(C(C)C)N1CCOCC1)NCC1(c2ccccc2OC)CC1. The molecule has 2 N–H and O–H groups in total. The van der Waals surface area contributed by atoms with E-state index in [0.717, 1.165) is 51.1 Å². The smallest absolute Gasteiger partial charge is 0.191 e. The van der Waals surface area contributed by atoms with Crippen molar-refractivity contribution in [2.24, 2.45) is 10.9 Å². The highest BCUT2D eigenvalue weighted by Crippen LogP contribution is 2.50. The van der Waals surface area contributed by atoms with Gasteiger partial charge < -0.3 is 20.1 Å². The molecule has 2 fully saturated rings. The monoisotopic (exact) mass is 388 g/mol. The van der Waals surface area contributed by atoms with E-state index in [1.54, 1.807) is 7.11 Å². The molecular weight excluding hydrogens is 352 g/mol. The maximum Gasteiger partial charge on any atom is 0.191 e. The Morgan fingerprint density at radius 1 is 1.21 bits per heavy atom. The number of nitrogens with zero attached hydrogens (tertiary/aromatic N) is 2. The Morgan fingerprint density at radius 3 is 2.54 bits per heavy atom. The first-order valence-electron chi connectivity index (χ1n) is 10.5. The van der Waals surface area contributed by atoms with Gasteiger partial charge in [-0.05, 0) is 24.8 Å². The van der Waals surface area contributed by atoms with Crippen LogP contribution in [0.25, 0.3) is 0 Å². The second-order valence-corrected chi connectivity index (χ2v) is 8.25. The van der Waals surface area contributed by atoms with Gasteiger partial charge >= 0.3 is 0 Å². The zero-order valence-corrected chi connectivity index (χ0v) is 17.8. The molecule has 1 heterocycles. The van der Waals surface area contributed by atoms with Crippen molar-refractivity contribution in [3.05, 3.63) is 29.8 Å². The number of aliphatic imine (C=N–C) groups is 1. The van der Waals surface area contributed by atoms with Crippen LogP contribution in [0.4, 0.5) is 0 Å². The van der Waals surface area contributed by atoms with E-state index in [9.17, 15) is 0 Å². The molecule has 2 aliphatic rings. The minimum absolute atomic E-state index is 0.159. The summed E-state index contributed by atoms with van der Waals surface area (Å²) in [4.78, 5) is 6.98. The van der Waals surface area contributed by atoms with Crippen LogP contribution < -0.4 is 15.4 Å². The van der Waals surface area contributed by atoms with Crippen molar-refractivity contribution in [3.8, 4) is 5.75 Å². The summed E-state index contributed by atoms with van der Waals surface area (Å²) >= 11 is 0. The van der Waals surface area contributed by atoms with Crippen molar-refractivity contribution in [1.82, 2.24) is 15.5 Å². The van der Waals surface area contributed by atoms with Crippen LogP contribution in [-0.4, -0.2) is 70.5 Å². The van der Waals surface area contributed by atoms with Gasteiger partial charge in [0.05, 0.1) is 20.3 Å². The molecule has 6 heteroatoms. The maximum absolute atomic E-state index is 5.59. The molecular formula is C22H36N4O2. The second kappa shape index (κ2) is 9.61. The third kappa shape index (κ3) is 4.97. The molecule has 1 aromatic rings. The fraction of sp³-hybridized carbons (Fsp3) is 0.682. The molecule has 0 amide bonds. The van der Waals surface area contributed by atoms with Crippen molar-refractivity contribution < 1.29 is 9.47 Å². The summed E-state index contributed by atoms with van der Waals surface area (Å²) in [6.45, 7) is 10.0. The fourth-order valence-corrected chi connectivity index (χ4v) is 4.15. The molecule has 3 rings (SSSR count). The third-order valence-electron chi connectivity index (χ3n) is 6.11. The first kappa shape index (κ1) is 20.9. The van der Waals surface area contributed by atoms with Crippen LogP contribution in [0.3, 0.4) is 0 Å². The third-order valence-corrected chi connectivity index (χ3v) is 6.11. The van der Waals surface area contributed by atoms with Gasteiger partial charge in [0.2, 0.25) is 0 Å². The number of ether oxygens (including phenoxy) is 2. The Balaban J connectivity index is 1.56. The van der Waals surface area contributed by atoms with E-state index in [2.05, 4.69) is 52.6 Å². The van der Waals surface area contributed by atoms with Gasteiger partial charge in [0.15, 0.2) is 5.96 Å². The summed E-state index contributed by atoms with van der Waals surface area (Å²) in [7, 11) is 3.59. The van der Waals surface area contributed by atoms with Crippen LogP contribution in [0.2, 0.25) is 0 Å². The van der Waals surface area contributed by atoms with E-state index in [1.165, 1.54) is 18.4 Å². The molecule has 1 atom stereocenters. The summed E-state index contributed by atoms with van der Waals surface area (Å²) in [6.07, 6.45) is 2.36. The Kier molecular flexibility index (Phi) is 7.18. The molecule has 1 saturated heterocycles. The Hall–Kier alpha value is -1.79. The molecule has 0 radical (unpaired) electrons. The van der Waals surface area contributed by atoms with Crippen molar-refractivity contribution in [2.45, 2.75) is 38.1 Å². The molecule has 0 bridgehead atoms. The van der Waals surface area contributed by atoms with Gasteiger partial charge in [0.1, 0.15) is 5.75 Å². The van der Waals surface area contributed by atoms with Gasteiger partial charge in [-0.3, -0.25) is 9.89 Å². The fourth-order valence-electron chi connectivity index (χ4n) is 4.15. The van der Waals surface area contributed by atoms with Crippen molar-refractivity contribution in [1.29, 1.82) is 0 Å². The molecule has 0 aromatic heterocycles. The number of rotatable bonds is 8. The zero-order chi connectivity index (χ0) is 20.0. The first-order valence-corrected chi connectivity index (χ1v) is 10.5. The molecule has 1 saturated carbocycles. The highest BCUT2D eigenvalue weighted by atomic mass is 16.5. The van der Waals surface area contributed by atoms with Gasteiger partial charge in [-0.25, -0.2) is 0 Å². The molecule has 6 nitrogen and oxygen atoms in total. The van der Waals surface area contributed by atoms with Gasteiger partial charge in [-0.15, -0.1) is 0 Å². The lowest BCUT2D eigenvalue weighted by Crippen LogP contribution is -2.53. The Morgan fingerprint density at radius 2 is 1.93 bits per heavy atom. The molecule has 0 spiro atoms. The number of hydrogen-bond donors (Lipinski definition) is 2. The molecule has 1 aromatic carbocycles. The summed E-state index contributed by atoms with van der Waals surface area (Å²) in [5, 5.41) is 7.11. The van der Waals surface area contributed by atoms with Crippen LogP contribution in [0, 0.1) is 5.92 Å². The topological polar surface area (TPSA) is 58.1 Å². The summed E-state index contributed by atoms with van der Waals surface area (Å²) in [5.41, 5.74) is 1.46. The average Bonchev–Trinajstić information content (AvgIpc) is 3.52. The van der Waals surface area contributed by atoms with Crippen LogP contribution in [-0.2, 0) is 10.2 Å². The molecule has 1 aliphatic carbocycles. The number of guanidine groups is 1. The van der Waals surface area contributed by atoms with Gasteiger partial charge in [0.25, 0.3) is 0 Å². The minimum Gasteiger partial charge on any atom is -0.496 e. The predicted octanol–water partition coefficient (Wildman–Crippen LogP) is 2.25.